The summed E-state index contributed by atoms with van der Waals surface area (Å²) in [6.07, 6.45) is 1.14. The van der Waals surface area contributed by atoms with Crippen molar-refractivity contribution in [2.75, 3.05) is 86.1 Å². The number of aliphatic hydroxyl groups is 1. The quantitative estimate of drug-likeness (QED) is 0.0336. The summed E-state index contributed by atoms with van der Waals surface area (Å²) in [5, 5.41) is 54.8. The van der Waals surface area contributed by atoms with Crippen LogP contribution < -0.4 is 31.3 Å². The first-order chi connectivity index (χ1) is 46.4. The number of nitrogens with one attached hydrogen (secondary N) is 5. The van der Waals surface area contributed by atoms with Crippen LogP contribution in [0.5, 0.6) is 17.2 Å². The maximum Gasteiger partial charge on any atom is 0.409 e. The molecule has 5 aliphatic rings. The maximum absolute atomic E-state index is 13.9. The number of amides is 6. The molecular weight excluding hydrogens is 1270 g/mol. The summed E-state index contributed by atoms with van der Waals surface area (Å²) >= 11 is 0. The average molecular weight is 1360 g/mol. The highest BCUT2D eigenvalue weighted by molar-refractivity contribution is 7.90. The third kappa shape index (κ3) is 16.5. The number of nitrogens with zero attached hydrogens (tertiary/aromatic N) is 4. The number of aromatic nitrogens is 1. The van der Waals surface area contributed by atoms with Crippen LogP contribution in [0, 0.1) is 17.2 Å². The molecule has 10 rings (SSSR count). The third-order valence-electron chi connectivity index (χ3n) is 18.0. The van der Waals surface area contributed by atoms with Gasteiger partial charge < -0.3 is 70.5 Å². The Bertz CT molecular complexity index is 3950. The molecule has 8 N–H and O–H groups in total. The summed E-state index contributed by atoms with van der Waals surface area (Å²) in [6, 6.07) is 22.4. The molecule has 7 atom stereocenters. The number of carbonyl (C=O) groups is 8. The van der Waals surface area contributed by atoms with Crippen molar-refractivity contribution in [3.8, 4) is 34.4 Å². The van der Waals surface area contributed by atoms with Crippen molar-refractivity contribution < 1.29 is 85.8 Å². The molecule has 6 amide bonds. The van der Waals surface area contributed by atoms with Crippen molar-refractivity contribution in [1.82, 2.24) is 41.4 Å². The number of carbonyl (C=O) groups excluding carboxylic acids is 8. The van der Waals surface area contributed by atoms with Crippen molar-refractivity contribution in [2.45, 2.75) is 113 Å². The highest BCUT2D eigenvalue weighted by Gasteiger charge is 2.42. The second kappa shape index (κ2) is 32.1. The molecule has 5 unspecified atom stereocenters. The fourth-order valence-corrected chi connectivity index (χ4v) is 13.6. The summed E-state index contributed by atoms with van der Waals surface area (Å²) in [5.41, 5.74) is 3.54. The van der Waals surface area contributed by atoms with Crippen molar-refractivity contribution in [1.29, 1.82) is 5.26 Å². The van der Waals surface area contributed by atoms with E-state index in [0.717, 1.165) is 60.7 Å². The third-order valence-corrected chi connectivity index (χ3v) is 19.0. The van der Waals surface area contributed by atoms with Crippen LogP contribution in [0.15, 0.2) is 83.9 Å². The monoisotopic (exact) mass is 1360 g/mol. The fourth-order valence-electron chi connectivity index (χ4n) is 12.8. The van der Waals surface area contributed by atoms with Crippen LogP contribution in [-0.2, 0) is 60.8 Å². The van der Waals surface area contributed by atoms with Crippen LogP contribution >= 0.6 is 0 Å². The van der Waals surface area contributed by atoms with Crippen LogP contribution in [0.4, 0.5) is 4.79 Å². The molecule has 1 aromatic heterocycles. The lowest BCUT2D eigenvalue weighted by molar-refractivity contribution is -0.190. The van der Waals surface area contributed by atoms with Gasteiger partial charge >= 0.3 is 6.09 Å². The lowest BCUT2D eigenvalue weighted by Gasteiger charge is -2.43. The Balaban J connectivity index is 0.000000600. The standard InChI is InChI=1S/C58H60N8O14S.C11H21NO4/c1-31(64-54(73)32(2)63-45(67)22-25-62-56(75)43-21-19-34(29-59)57(65-43)81(4,77)78)53(72)60-23-10-26-66(58(76)80-30-42-37-14-7-5-12-35(37)36-13-6-8-15-38(36)42)27-11-24-61-55(74)33-18-20-39-41(28-33)51(70)47-48(49(39)68)52(71)46-40(50(47)69)16-9-17-44(46)79-3;1-8-11(13)9(3-5-15-8)12-4-6-16-10(7-12)14-2/h5-9,12-17,19,21,31-33,42,68,70H,10-11,18,20,22-28,30H2,1-4H3,(H,60,72)(H,61,74)(H,62,75)(H,63,67)(H,64,73);8-11,13H,3-7H2,1-2H3/t31?,32-,33-;/m0./s1. The normalized spacial score (nSPS) is 19.3. The topological polar surface area (TPSA) is 381 Å². The first kappa shape index (κ1) is 71.9. The summed E-state index contributed by atoms with van der Waals surface area (Å²) in [6.45, 7) is 8.09. The van der Waals surface area contributed by atoms with Gasteiger partial charge in [0.25, 0.3) is 5.91 Å². The molecule has 0 bridgehead atoms. The van der Waals surface area contributed by atoms with E-state index in [-0.39, 0.29) is 152 Å². The summed E-state index contributed by atoms with van der Waals surface area (Å²) in [5.74, 6) is -5.88. The molecule has 5 aromatic rings. The van der Waals surface area contributed by atoms with E-state index >= 15 is 0 Å². The van der Waals surface area contributed by atoms with Gasteiger partial charge in [0.1, 0.15) is 47.7 Å². The predicted octanol–water partition coefficient (Wildman–Crippen LogP) is 3.58. The number of ether oxygens (including phenoxy) is 5. The molecule has 0 spiro atoms. The lowest BCUT2D eigenvalue weighted by atomic mass is 9.75. The molecule has 2 saturated heterocycles. The largest absolute Gasteiger partial charge is 0.507 e. The first-order valence-corrected chi connectivity index (χ1v) is 34.0. The Morgan fingerprint density at radius 1 is 0.773 bits per heavy atom. The number of nitriles is 1. The van der Waals surface area contributed by atoms with Crippen LogP contribution in [0.3, 0.4) is 0 Å². The van der Waals surface area contributed by atoms with Crippen molar-refractivity contribution >= 4 is 57.0 Å². The number of morpholine rings is 1. The molecule has 4 aromatic carbocycles. The fraction of sp³-hybridized carbons (Fsp3) is 0.449. The molecule has 3 heterocycles. The van der Waals surface area contributed by atoms with Crippen molar-refractivity contribution in [3.05, 3.63) is 135 Å². The number of fused-ring (bicyclic) bond motifs is 6. The van der Waals surface area contributed by atoms with Gasteiger partial charge in [-0.15, -0.1) is 0 Å². The molecule has 0 saturated carbocycles. The molecule has 2 fully saturated rings. The Morgan fingerprint density at radius 3 is 2.09 bits per heavy atom. The number of hydrogen-bond acceptors (Lipinski definition) is 21. The number of sulfone groups is 1. The Kier molecular flexibility index (Phi) is 23.8. The molecule has 97 heavy (non-hydrogen) atoms. The van der Waals surface area contributed by atoms with E-state index in [1.807, 2.05) is 55.5 Å². The zero-order valence-corrected chi connectivity index (χ0v) is 55.6. The second-order valence-electron chi connectivity index (χ2n) is 24.4. The van der Waals surface area contributed by atoms with Gasteiger partial charge in [0.05, 0.1) is 48.2 Å². The number of aliphatic hydroxyl groups excluding tert-OH is 1. The maximum atomic E-state index is 13.9. The van der Waals surface area contributed by atoms with Crippen molar-refractivity contribution in [3.63, 3.8) is 0 Å². The number of rotatable bonds is 23. The van der Waals surface area contributed by atoms with E-state index in [1.54, 1.807) is 19.2 Å². The van der Waals surface area contributed by atoms with Gasteiger partial charge in [-0.1, -0.05) is 60.7 Å². The van der Waals surface area contributed by atoms with Gasteiger partial charge in [0, 0.05) is 107 Å². The van der Waals surface area contributed by atoms with Gasteiger partial charge in [-0.05, 0) is 99.7 Å². The summed E-state index contributed by atoms with van der Waals surface area (Å²) in [4.78, 5) is 114. The van der Waals surface area contributed by atoms with Crippen LogP contribution in [0.1, 0.15) is 129 Å². The van der Waals surface area contributed by atoms with Gasteiger partial charge in [0.15, 0.2) is 26.9 Å². The lowest BCUT2D eigenvalue weighted by Crippen LogP contribution is -2.57. The minimum atomic E-state index is -3.91. The van der Waals surface area contributed by atoms with E-state index in [1.165, 1.54) is 44.1 Å². The van der Waals surface area contributed by atoms with Crippen LogP contribution in [0.25, 0.3) is 11.1 Å². The van der Waals surface area contributed by atoms with E-state index in [9.17, 15) is 67.4 Å². The van der Waals surface area contributed by atoms with Gasteiger partial charge in [-0.2, -0.15) is 5.26 Å². The number of hydrogen-bond donors (Lipinski definition) is 8. The second-order valence-corrected chi connectivity index (χ2v) is 26.3. The molecule has 27 nitrogen and oxygen atoms in total. The van der Waals surface area contributed by atoms with Crippen LogP contribution in [0.2, 0.25) is 0 Å². The number of benzene rings is 4. The first-order valence-electron chi connectivity index (χ1n) is 32.1. The van der Waals surface area contributed by atoms with E-state index in [0.29, 0.717) is 13.0 Å². The molecule has 28 heteroatoms. The number of methoxy groups -OCH3 is 2. The average Bonchev–Trinajstić information content (AvgIpc) is 1.33. The highest BCUT2D eigenvalue weighted by Crippen LogP contribution is 2.48. The Hall–Kier alpha value is -9.37. The minimum absolute atomic E-state index is 0.00484. The van der Waals surface area contributed by atoms with E-state index in [2.05, 4.69) is 36.5 Å². The smallest absolute Gasteiger partial charge is 0.409 e. The van der Waals surface area contributed by atoms with Gasteiger partial charge in [0.2, 0.25) is 29.4 Å². The number of phenols is 2. The Labute approximate surface area is 561 Å². The number of aromatic hydroxyl groups is 2. The zero-order chi connectivity index (χ0) is 69.8. The predicted molar refractivity (Wildman–Crippen MR) is 349 cm³/mol. The zero-order valence-electron chi connectivity index (χ0n) is 54.8. The van der Waals surface area contributed by atoms with Gasteiger partial charge in [-0.3, -0.25) is 38.5 Å². The minimum Gasteiger partial charge on any atom is -0.507 e. The molecule has 0 radical (unpaired) electrons. The molecule has 3 aliphatic carbocycles. The van der Waals surface area contributed by atoms with Gasteiger partial charge in [-0.25, -0.2) is 18.2 Å². The number of pyridine rings is 1. The molecule has 516 valence electrons. The van der Waals surface area contributed by atoms with Crippen molar-refractivity contribution in [2.24, 2.45) is 5.92 Å². The van der Waals surface area contributed by atoms with E-state index < -0.39 is 91.8 Å². The summed E-state index contributed by atoms with van der Waals surface area (Å²) < 4.78 is 51.4. The summed E-state index contributed by atoms with van der Waals surface area (Å²) in [7, 11) is -0.903. The Morgan fingerprint density at radius 2 is 1.42 bits per heavy atom. The highest BCUT2D eigenvalue weighted by atomic mass is 32.2. The number of phenolic OH excluding ortho intramolecular Hbond substituents is 2. The van der Waals surface area contributed by atoms with E-state index in [4.69, 9.17) is 23.7 Å². The number of ketones is 2. The molecular formula is C69H81N9O18S. The molecule has 2 aliphatic heterocycles. The van der Waals surface area contributed by atoms with Crippen LogP contribution in [-0.4, -0.2) is 208 Å². The SMILES string of the molecule is COC1CN(C2CCOC(C)C2O)CCO1.COc1cccc2c1C(=O)c1c(O)c3c(c(O)c1C2=O)C[C@@H](C(=O)NCCCN(CCCNC(=O)C(C)NC(=O)[C@H](C)NC(=O)CCNC(=O)c1ccc(C#N)c(S(C)(=O)=O)n1)C(=O)OCC1c2ccccc2-c2ccccc21)CC3.